The third-order valence-corrected chi connectivity index (χ3v) is 9.58. The molecule has 0 saturated carbocycles. The van der Waals surface area contributed by atoms with E-state index in [2.05, 4.69) is 120 Å². The summed E-state index contributed by atoms with van der Waals surface area (Å²) in [5.41, 5.74) is 1.19. The van der Waals surface area contributed by atoms with Crippen LogP contribution in [0.1, 0.15) is 5.56 Å². The molecule has 0 bridgehead atoms. The van der Waals surface area contributed by atoms with Crippen molar-refractivity contribution in [3.63, 3.8) is 0 Å². The minimum Gasteiger partial charge on any atom is -0.489 e. The Bertz CT molecular complexity index is 1090. The summed E-state index contributed by atoms with van der Waals surface area (Å²) in [7, 11) is -0.545. The molecule has 1 aliphatic rings. The molecule has 5 rings (SSSR count). The Morgan fingerprint density at radius 1 is 0.690 bits per heavy atom. The molecule has 0 amide bonds. The van der Waals surface area contributed by atoms with Gasteiger partial charge >= 0.3 is 0 Å². The smallest absolute Gasteiger partial charge is 0.119 e. The Morgan fingerprint density at radius 2 is 1.28 bits per heavy atom. The maximum atomic E-state index is 6.01. The fraction of sp³-hybridized carbons (Fsp3) is 0.0400. The van der Waals surface area contributed by atoms with E-state index >= 15 is 0 Å². The highest BCUT2D eigenvalue weighted by Crippen LogP contribution is 2.61. The first-order valence-corrected chi connectivity index (χ1v) is 12.6. The van der Waals surface area contributed by atoms with Gasteiger partial charge in [-0.25, -0.2) is 0 Å². The number of halogens is 1. The summed E-state index contributed by atoms with van der Waals surface area (Å²) in [6, 6.07) is 34.8. The highest BCUT2D eigenvalue weighted by molar-refractivity contribution is 14.1. The van der Waals surface area contributed by atoms with Gasteiger partial charge in [0.25, 0.3) is 0 Å². The van der Waals surface area contributed by atoms with Crippen molar-refractivity contribution < 1.29 is 4.74 Å². The van der Waals surface area contributed by atoms with E-state index in [1.165, 1.54) is 33.6 Å². The molecule has 0 N–H and O–H groups in total. The maximum Gasteiger partial charge on any atom is 0.119 e. The Hall–Kier alpha value is -1.89. The molecule has 0 aliphatic carbocycles. The van der Waals surface area contributed by atoms with Crippen molar-refractivity contribution in [2.75, 3.05) is 0 Å². The quantitative estimate of drug-likeness (QED) is 0.189. The molecule has 1 aliphatic heterocycles. The molecule has 4 aromatic rings. The summed E-state index contributed by atoms with van der Waals surface area (Å²) in [6.07, 6.45) is 0. The van der Waals surface area contributed by atoms with Crippen LogP contribution in [-0.2, 0) is 6.61 Å². The number of thiol groups is 1. The second-order valence-electron chi connectivity index (χ2n) is 6.78. The van der Waals surface area contributed by atoms with Crippen molar-refractivity contribution in [1.29, 1.82) is 0 Å². The predicted octanol–water partition coefficient (Wildman–Crippen LogP) is 7.81. The lowest BCUT2D eigenvalue weighted by molar-refractivity contribution is 0.306. The summed E-state index contributed by atoms with van der Waals surface area (Å²) in [5, 5.41) is 0. The number of hydrogen-bond acceptors (Lipinski definition) is 2. The Morgan fingerprint density at radius 3 is 1.90 bits per heavy atom. The second-order valence-corrected chi connectivity index (χ2v) is 11.3. The fourth-order valence-corrected chi connectivity index (χ4v) is 7.80. The molecular weight excluding hydrogens is 507 g/mol. The van der Waals surface area contributed by atoms with E-state index < -0.39 is 10.9 Å². The zero-order chi connectivity index (χ0) is 19.6. The van der Waals surface area contributed by atoms with Gasteiger partial charge in [0.05, 0.1) is 0 Å². The van der Waals surface area contributed by atoms with Gasteiger partial charge in [0.15, 0.2) is 0 Å². The van der Waals surface area contributed by atoms with Gasteiger partial charge in [0, 0.05) is 23.2 Å². The van der Waals surface area contributed by atoms with Gasteiger partial charge in [-0.1, -0.05) is 48.2 Å². The van der Waals surface area contributed by atoms with Crippen LogP contribution >= 0.6 is 45.2 Å². The van der Waals surface area contributed by atoms with E-state index in [0.29, 0.717) is 6.61 Å². The van der Waals surface area contributed by atoms with E-state index in [1.807, 2.05) is 11.8 Å². The molecule has 0 atom stereocenters. The number of hydrogen-bond donors (Lipinski definition) is 1. The number of rotatable bonds is 4. The van der Waals surface area contributed by atoms with Crippen LogP contribution in [0, 0.1) is 3.57 Å². The molecule has 144 valence electrons. The molecule has 4 aromatic carbocycles. The van der Waals surface area contributed by atoms with Crippen LogP contribution in [0.5, 0.6) is 5.75 Å². The molecule has 1 heterocycles. The molecule has 0 radical (unpaired) electrons. The van der Waals surface area contributed by atoms with Crippen molar-refractivity contribution in [3.05, 3.63) is 106 Å². The normalized spacial score (nSPS) is 13.5. The molecular formula is C25H19IOS2. The van der Waals surface area contributed by atoms with Crippen LogP contribution in [0.4, 0.5) is 0 Å². The third-order valence-electron chi connectivity index (χ3n) is 4.85. The molecule has 4 heteroatoms. The van der Waals surface area contributed by atoms with Gasteiger partial charge < -0.3 is 4.74 Å². The minimum absolute atomic E-state index is 0.545. The number of benzene rings is 4. The molecule has 0 fully saturated rings. The van der Waals surface area contributed by atoms with Gasteiger partial charge in [-0.15, -0.1) is 0 Å². The van der Waals surface area contributed by atoms with Crippen LogP contribution in [-0.4, -0.2) is 0 Å². The Kier molecular flexibility index (Phi) is 5.57. The van der Waals surface area contributed by atoms with Gasteiger partial charge in [-0.2, -0.15) is 10.9 Å². The van der Waals surface area contributed by atoms with Crippen molar-refractivity contribution in [2.24, 2.45) is 0 Å². The topological polar surface area (TPSA) is 9.23 Å². The van der Waals surface area contributed by atoms with Crippen LogP contribution in [0.3, 0.4) is 0 Å². The number of ether oxygens (including phenoxy) is 1. The first kappa shape index (κ1) is 19.1. The monoisotopic (exact) mass is 526 g/mol. The van der Waals surface area contributed by atoms with Crippen LogP contribution < -0.4 is 4.74 Å². The second kappa shape index (κ2) is 8.46. The molecule has 0 aromatic heterocycles. The van der Waals surface area contributed by atoms with E-state index in [9.17, 15) is 0 Å². The largest absolute Gasteiger partial charge is 0.489 e. The molecule has 1 nitrogen and oxygen atoms in total. The molecule has 29 heavy (non-hydrogen) atoms. The fourth-order valence-electron chi connectivity index (χ4n) is 3.42. The summed E-state index contributed by atoms with van der Waals surface area (Å²) in [6.45, 7) is 0.591. The van der Waals surface area contributed by atoms with Crippen molar-refractivity contribution in [2.45, 2.75) is 31.1 Å². The molecule has 0 spiro atoms. The lowest BCUT2D eigenvalue weighted by Crippen LogP contribution is -1.98. The maximum absolute atomic E-state index is 6.01. The van der Waals surface area contributed by atoms with Crippen molar-refractivity contribution in [1.82, 2.24) is 0 Å². The first-order valence-electron chi connectivity index (χ1n) is 9.41. The molecule has 0 unspecified atom stereocenters. The lowest BCUT2D eigenvalue weighted by Gasteiger charge is -2.31. The van der Waals surface area contributed by atoms with E-state index in [4.69, 9.17) is 4.74 Å². The van der Waals surface area contributed by atoms with Gasteiger partial charge in [-0.3, -0.25) is 0 Å². The first-order chi connectivity index (χ1) is 14.3. The zero-order valence-electron chi connectivity index (χ0n) is 15.6. The number of fused-ring (bicyclic) bond motifs is 2. The van der Waals surface area contributed by atoms with Crippen LogP contribution in [0.15, 0.2) is 122 Å². The summed E-state index contributed by atoms with van der Waals surface area (Å²) in [5.74, 6) is 0.912. The van der Waals surface area contributed by atoms with Gasteiger partial charge in [0.1, 0.15) is 12.4 Å². The average Bonchev–Trinajstić information content (AvgIpc) is 2.77. The van der Waals surface area contributed by atoms with E-state index in [0.717, 1.165) is 5.75 Å². The molecule has 0 saturated heterocycles. The van der Waals surface area contributed by atoms with Crippen LogP contribution in [0.25, 0.3) is 0 Å². The van der Waals surface area contributed by atoms with Gasteiger partial charge in [0.2, 0.25) is 0 Å². The lowest BCUT2D eigenvalue weighted by atomic mass is 10.2. The zero-order valence-corrected chi connectivity index (χ0v) is 19.5. The summed E-state index contributed by atoms with van der Waals surface area (Å²) < 4.78 is 7.25. The predicted molar refractivity (Wildman–Crippen MR) is 131 cm³/mol. The summed E-state index contributed by atoms with van der Waals surface area (Å²) >= 11 is 4.20. The standard InChI is InChI=1S/C25H19IOS2/c26-19-11-9-18(10-12-19)17-27-20-13-15-21(16-14-20)29-24-7-3-1-5-22(24)28-23-6-2-4-8-25(23)29/h1-16,29H,17H2. The highest BCUT2D eigenvalue weighted by atomic mass is 127. The van der Waals surface area contributed by atoms with Crippen LogP contribution in [0.2, 0.25) is 0 Å². The SMILES string of the molecule is Ic1ccc(COc2ccc([SH]3c4ccccc4Sc4ccccc43)cc2)cc1. The van der Waals surface area contributed by atoms with Gasteiger partial charge in [-0.05, 0) is 93.7 Å². The Balaban J connectivity index is 1.42. The average molecular weight is 526 g/mol. The minimum atomic E-state index is -0.545. The van der Waals surface area contributed by atoms with E-state index in [1.54, 1.807) is 0 Å². The van der Waals surface area contributed by atoms with Crippen molar-refractivity contribution >= 4 is 45.2 Å². The third kappa shape index (κ3) is 4.06. The Labute approximate surface area is 192 Å². The highest BCUT2D eigenvalue weighted by Gasteiger charge is 2.24. The summed E-state index contributed by atoms with van der Waals surface area (Å²) in [4.78, 5) is 6.99. The van der Waals surface area contributed by atoms with Crippen molar-refractivity contribution in [3.8, 4) is 5.75 Å². The van der Waals surface area contributed by atoms with E-state index in [-0.39, 0.29) is 0 Å².